The normalized spacial score (nSPS) is 10.0. The Morgan fingerprint density at radius 2 is 1.83 bits per heavy atom. The molecule has 5 nitrogen and oxygen atoms in total. The van der Waals surface area contributed by atoms with Crippen LogP contribution in [-0.2, 0) is 11.2 Å². The predicted octanol–water partition coefficient (Wildman–Crippen LogP) is 2.33. The first-order valence-electron chi connectivity index (χ1n) is 5.24. The van der Waals surface area contributed by atoms with Gasteiger partial charge in [0.15, 0.2) is 11.5 Å². The Labute approximate surface area is 119 Å². The molecule has 0 amide bonds. The standard InChI is InChI=1S/C12H15IO5/c1-16-8-6-7(4-5-9(14)15)10(13)12(18-3)11(8)17-2/h6H,4-5H2,1-3H3,(H,14,15). The monoisotopic (exact) mass is 366 g/mol. The lowest BCUT2D eigenvalue weighted by atomic mass is 10.1. The van der Waals surface area contributed by atoms with Crippen molar-refractivity contribution in [1.29, 1.82) is 0 Å². The summed E-state index contributed by atoms with van der Waals surface area (Å²) in [5.41, 5.74) is 0.868. The van der Waals surface area contributed by atoms with Gasteiger partial charge in [0.05, 0.1) is 24.9 Å². The molecule has 0 aliphatic heterocycles. The van der Waals surface area contributed by atoms with E-state index in [0.29, 0.717) is 23.7 Å². The molecule has 0 heterocycles. The Morgan fingerprint density at radius 3 is 2.28 bits per heavy atom. The van der Waals surface area contributed by atoms with Crippen LogP contribution in [0.2, 0.25) is 0 Å². The number of rotatable bonds is 6. The fraction of sp³-hybridized carbons (Fsp3) is 0.417. The predicted molar refractivity (Wildman–Crippen MR) is 74.8 cm³/mol. The maximum Gasteiger partial charge on any atom is 0.303 e. The minimum Gasteiger partial charge on any atom is -0.493 e. The van der Waals surface area contributed by atoms with Crippen molar-refractivity contribution < 1.29 is 24.1 Å². The van der Waals surface area contributed by atoms with Crippen LogP contribution in [0.5, 0.6) is 17.2 Å². The molecule has 0 aromatic heterocycles. The molecule has 1 N–H and O–H groups in total. The Balaban J connectivity index is 3.23. The van der Waals surface area contributed by atoms with Crippen molar-refractivity contribution in [3.8, 4) is 17.2 Å². The van der Waals surface area contributed by atoms with Gasteiger partial charge in [0, 0.05) is 6.42 Å². The van der Waals surface area contributed by atoms with Crippen molar-refractivity contribution in [2.24, 2.45) is 0 Å². The second-order valence-electron chi connectivity index (χ2n) is 3.51. The number of aryl methyl sites for hydroxylation is 1. The van der Waals surface area contributed by atoms with E-state index in [1.807, 2.05) is 0 Å². The highest BCUT2D eigenvalue weighted by Gasteiger charge is 2.19. The van der Waals surface area contributed by atoms with E-state index in [-0.39, 0.29) is 6.42 Å². The summed E-state index contributed by atoms with van der Waals surface area (Å²) in [6, 6.07) is 1.78. The fourth-order valence-corrected chi connectivity index (χ4v) is 2.49. The summed E-state index contributed by atoms with van der Waals surface area (Å²) >= 11 is 2.12. The first-order chi connectivity index (χ1) is 8.54. The van der Waals surface area contributed by atoms with Crippen LogP contribution in [0.4, 0.5) is 0 Å². The van der Waals surface area contributed by atoms with E-state index in [1.165, 1.54) is 14.2 Å². The Morgan fingerprint density at radius 1 is 1.22 bits per heavy atom. The summed E-state index contributed by atoms with van der Waals surface area (Å²) in [6.07, 6.45) is 0.485. The van der Waals surface area contributed by atoms with Crippen molar-refractivity contribution in [1.82, 2.24) is 0 Å². The molecule has 6 heteroatoms. The maximum atomic E-state index is 10.6. The fourth-order valence-electron chi connectivity index (χ4n) is 1.60. The number of aliphatic carboxylic acids is 1. The van der Waals surface area contributed by atoms with Gasteiger partial charge in [0.1, 0.15) is 0 Å². The maximum absolute atomic E-state index is 10.6. The summed E-state index contributed by atoms with van der Waals surface area (Å²) in [5.74, 6) is 0.788. The molecule has 0 aliphatic carbocycles. The number of methoxy groups -OCH3 is 3. The Kier molecular flexibility index (Phi) is 5.52. The molecule has 0 spiro atoms. The third kappa shape index (κ3) is 3.18. The van der Waals surface area contributed by atoms with Crippen LogP contribution in [0.3, 0.4) is 0 Å². The lowest BCUT2D eigenvalue weighted by Crippen LogP contribution is -2.03. The number of carboxylic acids is 1. The van der Waals surface area contributed by atoms with Gasteiger partial charge >= 0.3 is 5.97 Å². The van der Waals surface area contributed by atoms with Crippen LogP contribution in [0.1, 0.15) is 12.0 Å². The highest BCUT2D eigenvalue weighted by atomic mass is 127. The third-order valence-corrected chi connectivity index (χ3v) is 3.64. The number of benzene rings is 1. The molecular formula is C12H15IO5. The summed E-state index contributed by atoms with van der Waals surface area (Å²) in [6.45, 7) is 0. The van der Waals surface area contributed by atoms with E-state index in [0.717, 1.165) is 9.13 Å². The Hall–Kier alpha value is -1.18. The highest BCUT2D eigenvalue weighted by Crippen LogP contribution is 2.42. The van der Waals surface area contributed by atoms with E-state index in [2.05, 4.69) is 22.6 Å². The van der Waals surface area contributed by atoms with Gasteiger partial charge < -0.3 is 19.3 Å². The molecule has 1 rings (SSSR count). The quantitative estimate of drug-likeness (QED) is 0.783. The molecule has 18 heavy (non-hydrogen) atoms. The molecule has 0 atom stereocenters. The van der Waals surface area contributed by atoms with E-state index in [1.54, 1.807) is 13.2 Å². The molecule has 1 aromatic rings. The van der Waals surface area contributed by atoms with Crippen LogP contribution < -0.4 is 14.2 Å². The summed E-state index contributed by atoms with van der Waals surface area (Å²) in [7, 11) is 4.61. The molecule has 0 fully saturated rings. The number of ether oxygens (including phenoxy) is 3. The number of halogens is 1. The van der Waals surface area contributed by atoms with E-state index >= 15 is 0 Å². The van der Waals surface area contributed by atoms with Crippen molar-refractivity contribution in [2.45, 2.75) is 12.8 Å². The summed E-state index contributed by atoms with van der Waals surface area (Å²) < 4.78 is 16.6. The molecule has 0 saturated heterocycles. The highest BCUT2D eigenvalue weighted by molar-refractivity contribution is 14.1. The van der Waals surface area contributed by atoms with Crippen molar-refractivity contribution >= 4 is 28.6 Å². The zero-order valence-electron chi connectivity index (χ0n) is 10.4. The van der Waals surface area contributed by atoms with Crippen LogP contribution in [0, 0.1) is 3.57 Å². The minimum atomic E-state index is -0.834. The number of hydrogen-bond acceptors (Lipinski definition) is 4. The number of carboxylic acid groups (broad SMARTS) is 1. The van der Waals surface area contributed by atoms with Crippen LogP contribution >= 0.6 is 22.6 Å². The van der Waals surface area contributed by atoms with Gasteiger partial charge in [-0.1, -0.05) is 0 Å². The largest absolute Gasteiger partial charge is 0.493 e. The van der Waals surface area contributed by atoms with E-state index in [4.69, 9.17) is 19.3 Å². The van der Waals surface area contributed by atoms with Crippen LogP contribution in [-0.4, -0.2) is 32.4 Å². The minimum absolute atomic E-state index is 0.0641. The van der Waals surface area contributed by atoms with Crippen LogP contribution in [0.25, 0.3) is 0 Å². The Bertz CT molecular complexity index is 445. The molecule has 100 valence electrons. The molecular weight excluding hydrogens is 351 g/mol. The van der Waals surface area contributed by atoms with Gasteiger partial charge in [-0.05, 0) is 40.6 Å². The molecule has 0 radical (unpaired) electrons. The molecule has 1 aromatic carbocycles. The number of carbonyl (C=O) groups is 1. The van der Waals surface area contributed by atoms with Crippen molar-refractivity contribution in [3.05, 3.63) is 15.2 Å². The molecule has 0 aliphatic rings. The average Bonchev–Trinajstić information content (AvgIpc) is 2.36. The summed E-state index contributed by atoms with van der Waals surface area (Å²) in [5, 5.41) is 8.73. The topological polar surface area (TPSA) is 65.0 Å². The van der Waals surface area contributed by atoms with E-state index < -0.39 is 5.97 Å². The second-order valence-corrected chi connectivity index (χ2v) is 4.59. The van der Waals surface area contributed by atoms with Gasteiger partial charge in [-0.3, -0.25) is 4.79 Å². The molecule has 0 saturated carbocycles. The molecule has 0 bridgehead atoms. The first-order valence-corrected chi connectivity index (χ1v) is 6.32. The van der Waals surface area contributed by atoms with Gasteiger partial charge in [0.25, 0.3) is 0 Å². The second kappa shape index (κ2) is 6.67. The zero-order chi connectivity index (χ0) is 13.7. The third-order valence-electron chi connectivity index (χ3n) is 2.45. The number of hydrogen-bond donors (Lipinski definition) is 1. The molecule has 0 unspecified atom stereocenters. The van der Waals surface area contributed by atoms with Crippen molar-refractivity contribution in [2.75, 3.05) is 21.3 Å². The lowest BCUT2D eigenvalue weighted by Gasteiger charge is -2.16. The SMILES string of the molecule is COc1cc(CCC(=O)O)c(I)c(OC)c1OC. The zero-order valence-corrected chi connectivity index (χ0v) is 12.6. The smallest absolute Gasteiger partial charge is 0.303 e. The van der Waals surface area contributed by atoms with Gasteiger partial charge in [-0.2, -0.15) is 0 Å². The van der Waals surface area contributed by atoms with Gasteiger partial charge in [0.2, 0.25) is 5.75 Å². The van der Waals surface area contributed by atoms with Gasteiger partial charge in [-0.15, -0.1) is 0 Å². The van der Waals surface area contributed by atoms with Gasteiger partial charge in [-0.25, -0.2) is 0 Å². The van der Waals surface area contributed by atoms with Crippen molar-refractivity contribution in [3.63, 3.8) is 0 Å². The van der Waals surface area contributed by atoms with E-state index in [9.17, 15) is 4.79 Å². The lowest BCUT2D eigenvalue weighted by molar-refractivity contribution is -0.136. The first kappa shape index (κ1) is 14.9. The average molecular weight is 366 g/mol. The van der Waals surface area contributed by atoms with Crippen LogP contribution in [0.15, 0.2) is 6.07 Å². The summed E-state index contributed by atoms with van der Waals surface area (Å²) in [4.78, 5) is 10.6.